The third-order valence-electron chi connectivity index (χ3n) is 4.94. The number of amides is 1. The molecule has 26 heavy (non-hydrogen) atoms. The Kier molecular flexibility index (Phi) is 4.80. The van der Waals surface area contributed by atoms with Gasteiger partial charge in [-0.2, -0.15) is 0 Å². The van der Waals surface area contributed by atoms with Crippen LogP contribution in [-0.4, -0.2) is 55.1 Å². The zero-order chi connectivity index (χ0) is 17.9. The highest BCUT2D eigenvalue weighted by molar-refractivity contribution is 5.95. The summed E-state index contributed by atoms with van der Waals surface area (Å²) in [6.45, 7) is 7.43. The van der Waals surface area contributed by atoms with E-state index < -0.39 is 0 Å². The van der Waals surface area contributed by atoms with Gasteiger partial charge >= 0.3 is 0 Å². The summed E-state index contributed by atoms with van der Waals surface area (Å²) < 4.78 is 11.1. The van der Waals surface area contributed by atoms with Crippen molar-refractivity contribution in [3.63, 3.8) is 0 Å². The van der Waals surface area contributed by atoms with Gasteiger partial charge in [-0.1, -0.05) is 29.8 Å². The monoisotopic (exact) mass is 352 g/mol. The lowest BCUT2D eigenvalue weighted by atomic mass is 10.1. The van der Waals surface area contributed by atoms with Crippen LogP contribution in [0.3, 0.4) is 0 Å². The number of aryl methyl sites for hydroxylation is 1. The first-order valence-corrected chi connectivity index (χ1v) is 9.16. The summed E-state index contributed by atoms with van der Waals surface area (Å²) in [5, 5.41) is 0. The Morgan fingerprint density at radius 2 is 1.73 bits per heavy atom. The first-order chi connectivity index (χ1) is 12.7. The van der Waals surface area contributed by atoms with Crippen LogP contribution in [0.1, 0.15) is 21.5 Å². The average Bonchev–Trinajstić information content (AvgIpc) is 2.68. The SMILES string of the molecule is Cc1cccc(CN2CCN(C(=O)c3ccc4c(c3)OCCO4)CC2)c1. The molecule has 136 valence electrons. The number of rotatable bonds is 3. The molecule has 2 heterocycles. The second kappa shape index (κ2) is 7.38. The molecule has 0 unspecified atom stereocenters. The van der Waals surface area contributed by atoms with Crippen molar-refractivity contribution in [3.8, 4) is 11.5 Å². The van der Waals surface area contributed by atoms with Crippen molar-refractivity contribution in [1.82, 2.24) is 9.80 Å². The number of fused-ring (bicyclic) bond motifs is 1. The van der Waals surface area contributed by atoms with E-state index in [1.807, 2.05) is 17.0 Å². The van der Waals surface area contributed by atoms with Crippen LogP contribution >= 0.6 is 0 Å². The van der Waals surface area contributed by atoms with Gasteiger partial charge in [-0.15, -0.1) is 0 Å². The zero-order valence-corrected chi connectivity index (χ0v) is 15.1. The topological polar surface area (TPSA) is 42.0 Å². The maximum atomic E-state index is 12.8. The van der Waals surface area contributed by atoms with Crippen LogP contribution in [0.2, 0.25) is 0 Å². The lowest BCUT2D eigenvalue weighted by Crippen LogP contribution is -2.48. The Labute approximate surface area is 154 Å². The molecule has 0 radical (unpaired) electrons. The quantitative estimate of drug-likeness (QED) is 0.852. The Morgan fingerprint density at radius 1 is 0.962 bits per heavy atom. The number of carbonyl (C=O) groups excluding carboxylic acids is 1. The van der Waals surface area contributed by atoms with Gasteiger partial charge in [0, 0.05) is 38.3 Å². The van der Waals surface area contributed by atoms with Crippen molar-refractivity contribution in [2.45, 2.75) is 13.5 Å². The molecule has 0 atom stereocenters. The van der Waals surface area contributed by atoms with E-state index in [2.05, 4.69) is 36.1 Å². The van der Waals surface area contributed by atoms with Gasteiger partial charge in [0.25, 0.3) is 5.91 Å². The second-order valence-electron chi connectivity index (χ2n) is 6.92. The summed E-state index contributed by atoms with van der Waals surface area (Å²) in [5.41, 5.74) is 3.29. The maximum Gasteiger partial charge on any atom is 0.254 e. The van der Waals surface area contributed by atoms with Gasteiger partial charge in [-0.05, 0) is 30.7 Å². The molecule has 2 aromatic rings. The minimum absolute atomic E-state index is 0.0668. The summed E-state index contributed by atoms with van der Waals surface area (Å²) in [6.07, 6.45) is 0. The van der Waals surface area contributed by atoms with E-state index in [1.54, 1.807) is 6.07 Å². The number of carbonyl (C=O) groups is 1. The normalized spacial score (nSPS) is 17.2. The maximum absolute atomic E-state index is 12.8. The van der Waals surface area contributed by atoms with Crippen molar-refractivity contribution < 1.29 is 14.3 Å². The molecule has 0 saturated carbocycles. The summed E-state index contributed by atoms with van der Waals surface area (Å²) in [5.74, 6) is 1.45. The van der Waals surface area contributed by atoms with Crippen LogP contribution in [-0.2, 0) is 6.54 Å². The fraction of sp³-hybridized carbons (Fsp3) is 0.381. The van der Waals surface area contributed by atoms with E-state index in [0.29, 0.717) is 24.5 Å². The minimum Gasteiger partial charge on any atom is -0.486 e. The third kappa shape index (κ3) is 3.68. The molecule has 0 aromatic heterocycles. The van der Waals surface area contributed by atoms with Crippen LogP contribution in [0.15, 0.2) is 42.5 Å². The average molecular weight is 352 g/mol. The first kappa shape index (κ1) is 16.9. The summed E-state index contributed by atoms with van der Waals surface area (Å²) >= 11 is 0. The molecule has 0 aliphatic carbocycles. The van der Waals surface area contributed by atoms with Crippen LogP contribution in [0.25, 0.3) is 0 Å². The molecule has 5 nitrogen and oxygen atoms in total. The Morgan fingerprint density at radius 3 is 2.50 bits per heavy atom. The third-order valence-corrected chi connectivity index (χ3v) is 4.94. The molecule has 4 rings (SSSR count). The number of hydrogen-bond donors (Lipinski definition) is 0. The Bertz CT molecular complexity index is 798. The number of nitrogens with zero attached hydrogens (tertiary/aromatic N) is 2. The van der Waals surface area contributed by atoms with Gasteiger partial charge in [0.05, 0.1) is 0 Å². The highest BCUT2D eigenvalue weighted by Gasteiger charge is 2.23. The van der Waals surface area contributed by atoms with Crippen LogP contribution in [0, 0.1) is 6.92 Å². The molecule has 0 spiro atoms. The second-order valence-corrected chi connectivity index (χ2v) is 6.92. The number of piperazine rings is 1. The van der Waals surface area contributed by atoms with Crippen molar-refractivity contribution in [2.75, 3.05) is 39.4 Å². The van der Waals surface area contributed by atoms with Gasteiger partial charge in [-0.3, -0.25) is 9.69 Å². The van der Waals surface area contributed by atoms with E-state index in [0.717, 1.165) is 38.5 Å². The highest BCUT2D eigenvalue weighted by atomic mass is 16.6. The van der Waals surface area contributed by atoms with Gasteiger partial charge in [0.2, 0.25) is 0 Å². The van der Waals surface area contributed by atoms with E-state index >= 15 is 0 Å². The summed E-state index contributed by atoms with van der Waals surface area (Å²) in [4.78, 5) is 17.1. The van der Waals surface area contributed by atoms with Crippen LogP contribution in [0.4, 0.5) is 0 Å². The van der Waals surface area contributed by atoms with E-state index in [9.17, 15) is 4.79 Å². The van der Waals surface area contributed by atoms with E-state index in [1.165, 1.54) is 11.1 Å². The molecule has 1 fully saturated rings. The molecule has 2 aliphatic heterocycles. The zero-order valence-electron chi connectivity index (χ0n) is 15.1. The van der Waals surface area contributed by atoms with Crippen molar-refractivity contribution >= 4 is 5.91 Å². The van der Waals surface area contributed by atoms with Gasteiger partial charge < -0.3 is 14.4 Å². The molecule has 0 N–H and O–H groups in total. The Balaban J connectivity index is 1.36. The lowest BCUT2D eigenvalue weighted by molar-refractivity contribution is 0.0627. The largest absolute Gasteiger partial charge is 0.486 e. The Hall–Kier alpha value is -2.53. The van der Waals surface area contributed by atoms with Gasteiger partial charge in [-0.25, -0.2) is 0 Å². The summed E-state index contributed by atoms with van der Waals surface area (Å²) in [6, 6.07) is 14.1. The van der Waals surface area contributed by atoms with Crippen molar-refractivity contribution in [2.24, 2.45) is 0 Å². The molecule has 1 amide bonds. The molecular formula is C21H24N2O3. The van der Waals surface area contributed by atoms with E-state index in [-0.39, 0.29) is 5.91 Å². The van der Waals surface area contributed by atoms with Crippen molar-refractivity contribution in [1.29, 1.82) is 0 Å². The smallest absolute Gasteiger partial charge is 0.254 e. The van der Waals surface area contributed by atoms with Crippen molar-refractivity contribution in [3.05, 3.63) is 59.2 Å². The highest BCUT2D eigenvalue weighted by Crippen LogP contribution is 2.31. The molecule has 0 bridgehead atoms. The molecular weight excluding hydrogens is 328 g/mol. The van der Waals surface area contributed by atoms with E-state index in [4.69, 9.17) is 9.47 Å². The molecule has 5 heteroatoms. The minimum atomic E-state index is 0.0668. The van der Waals surface area contributed by atoms with Crippen LogP contribution < -0.4 is 9.47 Å². The lowest BCUT2D eigenvalue weighted by Gasteiger charge is -2.35. The predicted octanol–water partition coefficient (Wildman–Crippen LogP) is 2.72. The predicted molar refractivity (Wildman–Crippen MR) is 99.8 cm³/mol. The van der Waals surface area contributed by atoms with Gasteiger partial charge in [0.1, 0.15) is 13.2 Å². The number of benzene rings is 2. The van der Waals surface area contributed by atoms with Gasteiger partial charge in [0.15, 0.2) is 11.5 Å². The first-order valence-electron chi connectivity index (χ1n) is 9.16. The number of hydrogen-bond acceptors (Lipinski definition) is 4. The number of ether oxygens (including phenoxy) is 2. The molecule has 2 aromatic carbocycles. The van der Waals surface area contributed by atoms with Crippen LogP contribution in [0.5, 0.6) is 11.5 Å². The fourth-order valence-corrected chi connectivity index (χ4v) is 3.54. The summed E-state index contributed by atoms with van der Waals surface area (Å²) in [7, 11) is 0. The molecule has 2 aliphatic rings. The molecule has 1 saturated heterocycles. The standard InChI is InChI=1S/C21H24N2O3/c1-16-3-2-4-17(13-16)15-22-7-9-23(10-8-22)21(24)18-5-6-19-20(14-18)26-12-11-25-19/h2-6,13-14H,7-12,15H2,1H3. The fourth-order valence-electron chi connectivity index (χ4n) is 3.54.